The lowest BCUT2D eigenvalue weighted by molar-refractivity contribution is -0.140. The topological polar surface area (TPSA) is 262 Å². The predicted molar refractivity (Wildman–Crippen MR) is 87.5 cm³/mol. The Bertz CT molecular complexity index is 475. The number of nitrogens with two attached hydrogens (primary N) is 4. The molecule has 1 fully saturated rings. The van der Waals surface area contributed by atoms with Crippen molar-refractivity contribution in [1.29, 1.82) is 0 Å². The normalized spacial score (nSPS) is 17.4. The van der Waals surface area contributed by atoms with Crippen LogP contribution in [0.2, 0.25) is 0 Å². The summed E-state index contributed by atoms with van der Waals surface area (Å²) in [5.74, 6) is -4.56. The second-order valence-electron chi connectivity index (χ2n) is 5.22. The van der Waals surface area contributed by atoms with Crippen LogP contribution in [0.5, 0.6) is 0 Å². The summed E-state index contributed by atoms with van der Waals surface area (Å²) in [6.45, 7) is 0.858. The number of hydrogen-bond donors (Lipinski definition) is 8. The van der Waals surface area contributed by atoms with Crippen molar-refractivity contribution in [2.75, 3.05) is 6.54 Å². The van der Waals surface area contributed by atoms with E-state index in [0.29, 0.717) is 0 Å². The Morgan fingerprint density at radius 1 is 0.885 bits per heavy atom. The van der Waals surface area contributed by atoms with Gasteiger partial charge in [0.25, 0.3) is 0 Å². The first-order valence-electron chi connectivity index (χ1n) is 7.38. The predicted octanol–water partition coefficient (Wildman–Crippen LogP) is -3.63. The fourth-order valence-electron chi connectivity index (χ4n) is 1.50. The van der Waals surface area contributed by atoms with Crippen molar-refractivity contribution in [3.8, 4) is 0 Å². The fourth-order valence-corrected chi connectivity index (χ4v) is 1.50. The van der Waals surface area contributed by atoms with Crippen LogP contribution in [0.25, 0.3) is 0 Å². The highest BCUT2D eigenvalue weighted by Crippen LogP contribution is 2.03. The zero-order chi connectivity index (χ0) is 20.9. The van der Waals surface area contributed by atoms with Crippen LogP contribution in [-0.2, 0) is 24.0 Å². The third kappa shape index (κ3) is 14.8. The molecule has 1 heterocycles. The first-order chi connectivity index (χ1) is 11.9. The maximum atomic E-state index is 10.1. The van der Waals surface area contributed by atoms with E-state index < -0.39 is 41.8 Å². The first kappa shape index (κ1) is 25.5. The molecule has 1 rings (SSSR count). The molecule has 1 aliphatic rings. The number of aliphatic carboxylic acids is 3. The number of amides is 2. The van der Waals surface area contributed by atoms with Crippen LogP contribution in [0.3, 0.4) is 0 Å². The minimum Gasteiger partial charge on any atom is -0.480 e. The maximum Gasteiger partial charge on any atom is 0.321 e. The van der Waals surface area contributed by atoms with Gasteiger partial charge in [0.15, 0.2) is 0 Å². The van der Waals surface area contributed by atoms with E-state index >= 15 is 0 Å². The summed E-state index contributed by atoms with van der Waals surface area (Å²) in [5, 5.41) is 27.4. The molecule has 0 aromatic carbocycles. The Morgan fingerprint density at radius 3 is 1.38 bits per heavy atom. The minimum absolute atomic E-state index is 0.269. The Balaban J connectivity index is 0. The highest BCUT2D eigenvalue weighted by Gasteiger charge is 2.20. The maximum absolute atomic E-state index is 10.1. The van der Waals surface area contributed by atoms with Gasteiger partial charge in [-0.05, 0) is 19.4 Å². The highest BCUT2D eigenvalue weighted by atomic mass is 16.4. The second-order valence-corrected chi connectivity index (χ2v) is 5.22. The fraction of sp³-hybridized carbons (Fsp3) is 0.615. The quantitative estimate of drug-likeness (QED) is 0.214. The zero-order valence-electron chi connectivity index (χ0n) is 14.0. The number of nitrogens with one attached hydrogen (secondary N) is 1. The molecule has 2 amide bonds. The molecule has 3 unspecified atom stereocenters. The van der Waals surface area contributed by atoms with Gasteiger partial charge in [-0.15, -0.1) is 0 Å². The zero-order valence-corrected chi connectivity index (χ0v) is 14.0. The van der Waals surface area contributed by atoms with Crippen LogP contribution in [0.15, 0.2) is 0 Å². The highest BCUT2D eigenvalue weighted by molar-refractivity contribution is 5.83. The molecule has 3 atom stereocenters. The first-order valence-corrected chi connectivity index (χ1v) is 7.38. The molecule has 0 radical (unpaired) electrons. The lowest BCUT2D eigenvalue weighted by Gasteiger charge is -1.99. The third-order valence-corrected chi connectivity index (χ3v) is 2.83. The smallest absolute Gasteiger partial charge is 0.321 e. The van der Waals surface area contributed by atoms with Crippen LogP contribution in [0.1, 0.15) is 25.7 Å². The van der Waals surface area contributed by atoms with Crippen LogP contribution in [0.4, 0.5) is 0 Å². The molecule has 150 valence electrons. The number of rotatable bonds is 7. The van der Waals surface area contributed by atoms with Gasteiger partial charge < -0.3 is 43.6 Å². The largest absolute Gasteiger partial charge is 0.480 e. The lowest BCUT2D eigenvalue weighted by atomic mass is 10.2. The molecule has 1 saturated heterocycles. The van der Waals surface area contributed by atoms with E-state index in [2.05, 4.69) is 16.8 Å². The summed E-state index contributed by atoms with van der Waals surface area (Å²) < 4.78 is 0. The Kier molecular flexibility index (Phi) is 13.2. The number of carbonyl (C=O) groups excluding carboxylic acids is 2. The molecule has 26 heavy (non-hydrogen) atoms. The van der Waals surface area contributed by atoms with Crippen LogP contribution in [0, 0.1) is 0 Å². The van der Waals surface area contributed by atoms with Crippen LogP contribution < -0.4 is 28.3 Å². The monoisotopic (exact) mass is 379 g/mol. The number of carboxylic acid groups (broad SMARTS) is 3. The summed E-state index contributed by atoms with van der Waals surface area (Å²) in [6.07, 6.45) is 1.16. The van der Waals surface area contributed by atoms with E-state index in [1.54, 1.807) is 0 Å². The van der Waals surface area contributed by atoms with E-state index in [9.17, 15) is 24.0 Å². The molecule has 0 aromatic heterocycles. The summed E-state index contributed by atoms with van der Waals surface area (Å²) in [7, 11) is 0. The van der Waals surface area contributed by atoms with Gasteiger partial charge in [-0.1, -0.05) is 0 Å². The van der Waals surface area contributed by atoms with Crippen molar-refractivity contribution in [2.24, 2.45) is 22.9 Å². The van der Waals surface area contributed by atoms with Crippen molar-refractivity contribution in [3.05, 3.63) is 0 Å². The van der Waals surface area contributed by atoms with Crippen molar-refractivity contribution in [3.63, 3.8) is 0 Å². The van der Waals surface area contributed by atoms with Gasteiger partial charge in [-0.25, -0.2) is 0 Å². The van der Waals surface area contributed by atoms with E-state index in [1.165, 1.54) is 0 Å². The number of carboxylic acids is 3. The van der Waals surface area contributed by atoms with Crippen LogP contribution >= 0.6 is 0 Å². The molecule has 1 aliphatic heterocycles. The average Bonchev–Trinajstić information content (AvgIpc) is 3.01. The Morgan fingerprint density at radius 2 is 1.27 bits per heavy atom. The average molecular weight is 379 g/mol. The second kappa shape index (κ2) is 13.5. The summed E-state index contributed by atoms with van der Waals surface area (Å²) in [5.41, 5.74) is 19.1. The van der Waals surface area contributed by atoms with Crippen molar-refractivity contribution < 1.29 is 39.3 Å². The number of hydrogen-bond acceptors (Lipinski definition) is 8. The van der Waals surface area contributed by atoms with E-state index in [0.717, 1.165) is 19.4 Å². The lowest BCUT2D eigenvalue weighted by Crippen LogP contribution is -2.34. The van der Waals surface area contributed by atoms with Gasteiger partial charge in [0.1, 0.15) is 18.1 Å². The molecule has 0 bridgehead atoms. The Hall–Kier alpha value is -2.77. The van der Waals surface area contributed by atoms with Crippen molar-refractivity contribution >= 4 is 29.7 Å². The van der Waals surface area contributed by atoms with Gasteiger partial charge in [0.2, 0.25) is 11.8 Å². The number of carbonyl (C=O) groups is 5. The van der Waals surface area contributed by atoms with Gasteiger partial charge in [-0.2, -0.15) is 0 Å². The molecule has 13 heteroatoms. The summed E-state index contributed by atoms with van der Waals surface area (Å²) in [4.78, 5) is 49.9. The summed E-state index contributed by atoms with van der Waals surface area (Å²) in [6, 6.07) is -2.60. The standard InChI is InChI=1S/C5H9NO2.2C4H8N2O3/c7-5(8)4-2-1-3-6-4;2*5-2(4(8)9)1-3(6)7/h4,6H,1-3H2,(H,7,8);2*2H,1,5H2,(H2,6,7)(H,8,9). The minimum atomic E-state index is -1.21. The SMILES string of the molecule is NC(=O)CC(N)C(=O)O.NC(=O)CC(N)C(=O)O.O=C(O)C1CCCN1. The van der Waals surface area contributed by atoms with Crippen molar-refractivity contribution in [1.82, 2.24) is 5.32 Å². The Labute approximate surface area is 148 Å². The molecule has 0 aliphatic carbocycles. The molecular formula is C13H25N5O8. The third-order valence-electron chi connectivity index (χ3n) is 2.83. The number of primary amides is 2. The molecule has 0 spiro atoms. The van der Waals surface area contributed by atoms with Crippen LogP contribution in [-0.4, -0.2) is 69.7 Å². The van der Waals surface area contributed by atoms with E-state index in [1.807, 2.05) is 0 Å². The van der Waals surface area contributed by atoms with E-state index in [-0.39, 0.29) is 18.9 Å². The molecule has 0 aromatic rings. The van der Waals surface area contributed by atoms with Gasteiger partial charge in [-0.3, -0.25) is 24.0 Å². The molecule has 0 saturated carbocycles. The van der Waals surface area contributed by atoms with E-state index in [4.69, 9.17) is 26.8 Å². The van der Waals surface area contributed by atoms with Gasteiger partial charge in [0, 0.05) is 0 Å². The van der Waals surface area contributed by atoms with Gasteiger partial charge >= 0.3 is 17.9 Å². The summed E-state index contributed by atoms with van der Waals surface area (Å²) >= 11 is 0. The molecule has 12 N–H and O–H groups in total. The van der Waals surface area contributed by atoms with Gasteiger partial charge in [0.05, 0.1) is 12.8 Å². The molecular weight excluding hydrogens is 354 g/mol. The molecule has 13 nitrogen and oxygen atoms in total. The van der Waals surface area contributed by atoms with Crippen molar-refractivity contribution in [2.45, 2.75) is 43.8 Å².